The number of carbonyl (C=O) groups excluding carboxylic acids is 1. The van der Waals surface area contributed by atoms with Crippen LogP contribution >= 0.6 is 0 Å². The average Bonchev–Trinajstić information content (AvgIpc) is 2.55. The first-order chi connectivity index (χ1) is 11.8. The van der Waals surface area contributed by atoms with Gasteiger partial charge in [0.05, 0.1) is 5.94 Å². The first-order valence-electron chi connectivity index (χ1n) is 7.58. The van der Waals surface area contributed by atoms with Gasteiger partial charge in [-0.05, 0) is 36.6 Å². The molecule has 2 aromatic rings. The molecule has 0 radical (unpaired) electrons. The van der Waals surface area contributed by atoms with Gasteiger partial charge < -0.3 is 25.6 Å². The largest absolute Gasteiger partial charge is 0.507 e. The minimum Gasteiger partial charge on any atom is -0.507 e. The molecule has 8 heteroatoms. The van der Waals surface area contributed by atoms with Gasteiger partial charge in [-0.25, -0.2) is 4.79 Å². The molecule has 5 N–H and O–H groups in total. The number of benzene rings is 2. The highest BCUT2D eigenvalue weighted by molar-refractivity contribution is 6.43. The van der Waals surface area contributed by atoms with E-state index in [4.69, 9.17) is 5.11 Å². The second-order valence-electron chi connectivity index (χ2n) is 5.63. The molecule has 0 fully saturated rings. The van der Waals surface area contributed by atoms with Crippen molar-refractivity contribution < 1.29 is 29.9 Å². The Morgan fingerprint density at radius 3 is 2.32 bits per heavy atom. The van der Waals surface area contributed by atoms with E-state index in [1.165, 1.54) is 18.2 Å². The zero-order chi connectivity index (χ0) is 18.6. The summed E-state index contributed by atoms with van der Waals surface area (Å²) < 4.78 is 0. The lowest BCUT2D eigenvalue weighted by atomic mass is 9.75. The number of hydrogen-bond acceptors (Lipinski definition) is 5. The Morgan fingerprint density at radius 2 is 1.72 bits per heavy atom. The molecule has 0 aliphatic carbocycles. The Bertz CT molecular complexity index is 792. The summed E-state index contributed by atoms with van der Waals surface area (Å²) in [5, 5.41) is 40.7. The second kappa shape index (κ2) is 7.82. The lowest BCUT2D eigenvalue weighted by Crippen LogP contribution is -2.48. The molecule has 2 aromatic carbocycles. The lowest BCUT2D eigenvalue weighted by molar-refractivity contribution is 0.0693. The van der Waals surface area contributed by atoms with Crippen LogP contribution in [0, 0.1) is 6.92 Å². The van der Waals surface area contributed by atoms with E-state index in [1.54, 1.807) is 31.2 Å². The summed E-state index contributed by atoms with van der Waals surface area (Å²) in [4.78, 5) is 23.4. The average molecular weight is 343 g/mol. The van der Waals surface area contributed by atoms with E-state index in [1.807, 2.05) is 0 Å². The van der Waals surface area contributed by atoms with E-state index in [-0.39, 0.29) is 17.5 Å². The molecule has 0 saturated carbocycles. The summed E-state index contributed by atoms with van der Waals surface area (Å²) in [6, 6.07) is 10.9. The van der Waals surface area contributed by atoms with E-state index < -0.39 is 30.7 Å². The topological polar surface area (TPSA) is 127 Å². The van der Waals surface area contributed by atoms with E-state index in [0.29, 0.717) is 5.56 Å². The van der Waals surface area contributed by atoms with Crippen molar-refractivity contribution in [3.63, 3.8) is 0 Å². The fraction of sp³-hybridized carbons (Fsp3) is 0.176. The quantitative estimate of drug-likeness (QED) is 0.493. The number of rotatable bonds is 6. The molecule has 0 saturated heterocycles. The van der Waals surface area contributed by atoms with Crippen LogP contribution in [0.5, 0.6) is 5.75 Å². The predicted molar refractivity (Wildman–Crippen MR) is 91.4 cm³/mol. The van der Waals surface area contributed by atoms with Crippen LogP contribution in [0.2, 0.25) is 0 Å². The fourth-order valence-corrected chi connectivity index (χ4v) is 2.47. The van der Waals surface area contributed by atoms with E-state index >= 15 is 0 Å². The van der Waals surface area contributed by atoms with E-state index in [9.17, 15) is 24.7 Å². The molecule has 1 unspecified atom stereocenters. The monoisotopic (exact) mass is 343 g/mol. The summed E-state index contributed by atoms with van der Waals surface area (Å²) in [5.41, 5.74) is 0.996. The number of carboxylic acids is 1. The standard InChI is InChI=1S/C17H18BNO6/c1-10-5-2-3-7-12(10)16(21)19-14(18(24)25)9-11-6-4-8-13(15(11)20)17(22)23/h2-8,14,20,24-25H,9H2,1H3,(H,19,21)(H,22,23). The first kappa shape index (κ1) is 18.5. The molecule has 1 amide bonds. The van der Waals surface area contributed by atoms with Crippen molar-refractivity contribution in [2.45, 2.75) is 19.3 Å². The van der Waals surface area contributed by atoms with E-state index in [0.717, 1.165) is 5.56 Å². The van der Waals surface area contributed by atoms with Gasteiger partial charge in [0.25, 0.3) is 5.91 Å². The number of para-hydroxylation sites is 1. The van der Waals surface area contributed by atoms with Gasteiger partial charge in [-0.15, -0.1) is 0 Å². The fourth-order valence-electron chi connectivity index (χ4n) is 2.47. The molecule has 0 aliphatic rings. The minimum absolute atomic E-state index is 0.151. The van der Waals surface area contributed by atoms with Gasteiger partial charge in [0.2, 0.25) is 0 Å². The molecule has 1 atom stereocenters. The molecule has 0 aliphatic heterocycles. The normalized spacial score (nSPS) is 11.6. The number of hydrogen-bond donors (Lipinski definition) is 5. The molecule has 0 heterocycles. The van der Waals surface area contributed by atoms with Crippen molar-refractivity contribution >= 4 is 19.0 Å². The van der Waals surface area contributed by atoms with Gasteiger partial charge in [-0.2, -0.15) is 0 Å². The molecule has 0 aromatic heterocycles. The minimum atomic E-state index is -1.89. The summed E-state index contributed by atoms with van der Waals surface area (Å²) in [7, 11) is -1.89. The number of carbonyl (C=O) groups is 2. The molecule has 130 valence electrons. The SMILES string of the molecule is Cc1ccccc1C(=O)NC(Cc1cccc(C(=O)O)c1O)B(O)O. The van der Waals surface area contributed by atoms with Crippen LogP contribution in [0.15, 0.2) is 42.5 Å². The third-order valence-electron chi connectivity index (χ3n) is 3.86. The van der Waals surface area contributed by atoms with Crippen LogP contribution in [0.25, 0.3) is 0 Å². The van der Waals surface area contributed by atoms with E-state index in [2.05, 4.69) is 5.32 Å². The molecular weight excluding hydrogens is 325 g/mol. The van der Waals surface area contributed by atoms with Gasteiger partial charge in [0, 0.05) is 5.56 Å². The van der Waals surface area contributed by atoms with Crippen LogP contribution < -0.4 is 5.32 Å². The van der Waals surface area contributed by atoms with Crippen molar-refractivity contribution in [2.75, 3.05) is 0 Å². The Kier molecular flexibility index (Phi) is 5.79. The zero-order valence-electron chi connectivity index (χ0n) is 13.5. The van der Waals surface area contributed by atoms with Crippen molar-refractivity contribution in [2.24, 2.45) is 0 Å². The van der Waals surface area contributed by atoms with Crippen LogP contribution in [0.3, 0.4) is 0 Å². The Hall–Kier alpha value is -2.84. The number of aromatic hydroxyl groups is 1. The van der Waals surface area contributed by atoms with Crippen LogP contribution in [-0.2, 0) is 6.42 Å². The van der Waals surface area contributed by atoms with Crippen LogP contribution in [-0.4, -0.2) is 45.2 Å². The third-order valence-corrected chi connectivity index (χ3v) is 3.86. The lowest BCUT2D eigenvalue weighted by Gasteiger charge is -2.19. The van der Waals surface area contributed by atoms with Gasteiger partial charge in [-0.1, -0.05) is 30.3 Å². The molecule has 2 rings (SSSR count). The van der Waals surface area contributed by atoms with Crippen molar-refractivity contribution in [3.05, 3.63) is 64.7 Å². The number of amides is 1. The number of nitrogens with one attached hydrogen (secondary N) is 1. The number of phenols is 1. The Balaban J connectivity index is 2.23. The summed E-state index contributed by atoms with van der Waals surface area (Å²) in [6.45, 7) is 1.75. The molecular formula is C17H18BNO6. The summed E-state index contributed by atoms with van der Waals surface area (Å²) in [5.74, 6) is -3.39. The molecule has 0 spiro atoms. The summed E-state index contributed by atoms with van der Waals surface area (Å²) in [6.07, 6.45) is -0.151. The predicted octanol–water partition coefficient (Wildman–Crippen LogP) is 0.752. The molecule has 7 nitrogen and oxygen atoms in total. The highest BCUT2D eigenvalue weighted by Crippen LogP contribution is 2.24. The highest BCUT2D eigenvalue weighted by atomic mass is 16.4. The maximum atomic E-state index is 12.3. The Labute approximate surface area is 144 Å². The second-order valence-corrected chi connectivity index (χ2v) is 5.63. The maximum Gasteiger partial charge on any atom is 0.475 e. The number of carboxylic acid groups (broad SMARTS) is 1. The first-order valence-corrected chi connectivity index (χ1v) is 7.58. The van der Waals surface area contributed by atoms with Gasteiger partial charge in [0.15, 0.2) is 0 Å². The van der Waals surface area contributed by atoms with Crippen molar-refractivity contribution in [1.82, 2.24) is 5.32 Å². The number of aromatic carboxylic acids is 1. The van der Waals surface area contributed by atoms with Crippen LogP contribution in [0.4, 0.5) is 0 Å². The van der Waals surface area contributed by atoms with Crippen molar-refractivity contribution in [3.8, 4) is 5.75 Å². The highest BCUT2D eigenvalue weighted by Gasteiger charge is 2.28. The maximum absolute atomic E-state index is 12.3. The van der Waals surface area contributed by atoms with Crippen LogP contribution in [0.1, 0.15) is 31.8 Å². The van der Waals surface area contributed by atoms with Gasteiger partial charge >= 0.3 is 13.1 Å². The summed E-state index contributed by atoms with van der Waals surface area (Å²) >= 11 is 0. The molecule has 25 heavy (non-hydrogen) atoms. The smallest absolute Gasteiger partial charge is 0.475 e. The van der Waals surface area contributed by atoms with Gasteiger partial charge in [0.1, 0.15) is 11.3 Å². The molecule has 0 bridgehead atoms. The van der Waals surface area contributed by atoms with Crippen molar-refractivity contribution in [1.29, 1.82) is 0 Å². The zero-order valence-corrected chi connectivity index (χ0v) is 13.5. The van der Waals surface area contributed by atoms with Gasteiger partial charge in [-0.3, -0.25) is 4.79 Å². The third kappa shape index (κ3) is 4.37. The Morgan fingerprint density at radius 1 is 1.08 bits per heavy atom. The number of aryl methyl sites for hydroxylation is 1.